The van der Waals surface area contributed by atoms with Crippen molar-refractivity contribution in [1.82, 2.24) is 0 Å². The van der Waals surface area contributed by atoms with Crippen molar-refractivity contribution < 1.29 is 0 Å². The summed E-state index contributed by atoms with van der Waals surface area (Å²) in [5, 5.41) is 0. The summed E-state index contributed by atoms with van der Waals surface area (Å²) in [5.74, 6) is 0. The first kappa shape index (κ1) is 11.1. The third-order valence-corrected chi connectivity index (χ3v) is 4.24. The van der Waals surface area contributed by atoms with Crippen molar-refractivity contribution in [2.45, 2.75) is 25.9 Å². The molecular formula is C10H14Cl2Si. The lowest BCUT2D eigenvalue weighted by Crippen LogP contribution is -2.13. The second-order valence-electron chi connectivity index (χ2n) is 3.56. The van der Waals surface area contributed by atoms with Crippen molar-refractivity contribution in [3.63, 3.8) is 0 Å². The highest BCUT2D eigenvalue weighted by atomic mass is 35.7. The molecule has 0 spiro atoms. The molecule has 0 radical (unpaired) electrons. The van der Waals surface area contributed by atoms with Crippen LogP contribution in [0, 0.1) is 6.92 Å². The van der Waals surface area contributed by atoms with Crippen LogP contribution < -0.4 is 0 Å². The average molecular weight is 233 g/mol. The van der Waals surface area contributed by atoms with Gasteiger partial charge >= 0.3 is 0 Å². The molecule has 0 aliphatic carbocycles. The van der Waals surface area contributed by atoms with E-state index in [-0.39, 0.29) is 0 Å². The Morgan fingerprint density at radius 3 is 2.15 bits per heavy atom. The van der Waals surface area contributed by atoms with E-state index >= 15 is 0 Å². The van der Waals surface area contributed by atoms with Crippen LogP contribution in [-0.4, -0.2) is 6.69 Å². The van der Waals surface area contributed by atoms with Gasteiger partial charge in [0.1, 0.15) is 0 Å². The quantitative estimate of drug-likeness (QED) is 0.545. The van der Waals surface area contributed by atoms with Gasteiger partial charge in [0.05, 0.1) is 0 Å². The Labute approximate surface area is 90.3 Å². The Balaban J connectivity index is 2.51. The smallest absolute Gasteiger partial charge is 0.146 e. The average Bonchev–Trinajstić information content (AvgIpc) is 2.02. The molecule has 0 bridgehead atoms. The lowest BCUT2D eigenvalue weighted by Gasteiger charge is -2.09. The molecule has 0 atom stereocenters. The third-order valence-electron chi connectivity index (χ3n) is 1.97. The summed E-state index contributed by atoms with van der Waals surface area (Å²) in [6, 6.07) is 9.46. The number of hydrogen-bond acceptors (Lipinski definition) is 0. The van der Waals surface area contributed by atoms with E-state index in [1.165, 1.54) is 11.1 Å². The minimum absolute atomic E-state index is 0.930. The van der Waals surface area contributed by atoms with Crippen LogP contribution >= 0.6 is 22.2 Å². The molecule has 0 amide bonds. The molecule has 0 unspecified atom stereocenters. The van der Waals surface area contributed by atoms with E-state index in [0.29, 0.717) is 0 Å². The largest absolute Gasteiger partial charge is 0.248 e. The number of hydrogen-bond donors (Lipinski definition) is 0. The van der Waals surface area contributed by atoms with Crippen LogP contribution in [0.3, 0.4) is 0 Å². The Morgan fingerprint density at radius 1 is 1.15 bits per heavy atom. The number of rotatable bonds is 3. The van der Waals surface area contributed by atoms with Gasteiger partial charge in [-0.15, -0.1) is 22.2 Å². The lowest BCUT2D eigenvalue weighted by molar-refractivity contribution is 1.11. The van der Waals surface area contributed by atoms with E-state index in [1.54, 1.807) is 0 Å². The summed E-state index contributed by atoms with van der Waals surface area (Å²) in [7, 11) is 0. The Hall–Kier alpha value is 0.0169. The van der Waals surface area contributed by atoms with Gasteiger partial charge in [0, 0.05) is 0 Å². The van der Waals surface area contributed by atoms with E-state index < -0.39 is 6.69 Å². The van der Waals surface area contributed by atoms with Crippen molar-refractivity contribution in [2.24, 2.45) is 0 Å². The van der Waals surface area contributed by atoms with Crippen molar-refractivity contribution in [1.29, 1.82) is 0 Å². The molecule has 1 rings (SSSR count). The molecule has 3 heteroatoms. The van der Waals surface area contributed by atoms with Gasteiger partial charge in [-0.25, -0.2) is 0 Å². The van der Waals surface area contributed by atoms with Crippen LogP contribution in [0.15, 0.2) is 24.3 Å². The molecule has 0 aromatic heterocycles. The number of benzene rings is 1. The zero-order chi connectivity index (χ0) is 9.90. The molecule has 1 aromatic carbocycles. The predicted molar refractivity (Wildman–Crippen MR) is 63.0 cm³/mol. The second-order valence-corrected chi connectivity index (χ2v) is 11.8. The summed E-state index contributed by atoms with van der Waals surface area (Å²) in [6.07, 6.45) is 0.996. The summed E-state index contributed by atoms with van der Waals surface area (Å²) in [6.45, 7) is 2.14. The second kappa shape index (κ2) is 4.49. The van der Waals surface area contributed by atoms with E-state index in [4.69, 9.17) is 22.2 Å². The summed E-state index contributed by atoms with van der Waals surface area (Å²) >= 11 is 12.0. The molecule has 0 N–H and O–H groups in total. The predicted octanol–water partition coefficient (Wildman–Crippen LogP) is 4.09. The highest BCUT2D eigenvalue weighted by molar-refractivity contribution is 7.44. The van der Waals surface area contributed by atoms with Crippen LogP contribution in [0.1, 0.15) is 11.1 Å². The van der Waals surface area contributed by atoms with Crippen LogP contribution in [-0.2, 0) is 6.42 Å². The van der Waals surface area contributed by atoms with Gasteiger partial charge < -0.3 is 0 Å². The van der Waals surface area contributed by atoms with Crippen molar-refractivity contribution in [3.8, 4) is 0 Å². The molecule has 1 aromatic rings. The van der Waals surface area contributed by atoms with Gasteiger partial charge in [0.25, 0.3) is 0 Å². The van der Waals surface area contributed by atoms with Crippen LogP contribution in [0.2, 0.25) is 12.6 Å². The van der Waals surface area contributed by atoms with Crippen molar-refractivity contribution >= 4 is 28.9 Å². The first-order valence-electron chi connectivity index (χ1n) is 4.41. The van der Waals surface area contributed by atoms with E-state index in [2.05, 4.69) is 31.2 Å². The van der Waals surface area contributed by atoms with E-state index in [0.717, 1.165) is 12.5 Å². The number of aryl methyl sites for hydroxylation is 2. The normalized spacial score (nSPS) is 11.7. The fourth-order valence-corrected chi connectivity index (χ4v) is 2.41. The minimum atomic E-state index is -1.91. The van der Waals surface area contributed by atoms with Gasteiger partial charge in [-0.05, 0) is 31.5 Å². The van der Waals surface area contributed by atoms with Crippen LogP contribution in [0.25, 0.3) is 0 Å². The molecule has 0 aliphatic heterocycles. The fourth-order valence-electron chi connectivity index (χ4n) is 1.12. The summed E-state index contributed by atoms with van der Waals surface area (Å²) in [5.41, 5.74) is 2.62. The third kappa shape index (κ3) is 4.70. The maximum absolute atomic E-state index is 6.02. The highest BCUT2D eigenvalue weighted by Gasteiger charge is 2.19. The standard InChI is InChI=1S/C10H14Cl2Si/c1-9-3-5-10(6-4-9)7-8-13(2,11)12/h3-6H,7-8H2,1-2H3. The summed E-state index contributed by atoms with van der Waals surface area (Å²) in [4.78, 5) is 0. The molecule has 0 fully saturated rings. The Bertz CT molecular complexity index is 261. The number of halogens is 2. The maximum atomic E-state index is 6.02. The van der Waals surface area contributed by atoms with E-state index in [1.807, 2.05) is 6.55 Å². The molecule has 0 aliphatic rings. The Morgan fingerprint density at radius 2 is 1.69 bits per heavy atom. The zero-order valence-electron chi connectivity index (χ0n) is 7.98. The fraction of sp³-hybridized carbons (Fsp3) is 0.400. The topological polar surface area (TPSA) is 0 Å². The first-order chi connectivity index (χ1) is 5.97. The molecule has 0 saturated heterocycles. The first-order valence-corrected chi connectivity index (χ1v) is 9.14. The van der Waals surface area contributed by atoms with Gasteiger partial charge in [-0.2, -0.15) is 0 Å². The van der Waals surface area contributed by atoms with Crippen LogP contribution in [0.4, 0.5) is 0 Å². The molecule has 0 nitrogen and oxygen atoms in total. The Kier molecular flexibility index (Phi) is 3.83. The summed E-state index contributed by atoms with van der Waals surface area (Å²) < 4.78 is 0. The van der Waals surface area contributed by atoms with Gasteiger partial charge in [0.15, 0.2) is 0 Å². The van der Waals surface area contributed by atoms with Gasteiger partial charge in [-0.1, -0.05) is 29.8 Å². The minimum Gasteiger partial charge on any atom is -0.146 e. The van der Waals surface area contributed by atoms with Crippen molar-refractivity contribution in [3.05, 3.63) is 35.4 Å². The van der Waals surface area contributed by atoms with Crippen molar-refractivity contribution in [2.75, 3.05) is 0 Å². The SMILES string of the molecule is Cc1ccc(CC[Si](C)(Cl)Cl)cc1. The highest BCUT2D eigenvalue weighted by Crippen LogP contribution is 2.22. The van der Waals surface area contributed by atoms with Gasteiger partial charge in [0.2, 0.25) is 6.69 Å². The van der Waals surface area contributed by atoms with E-state index in [9.17, 15) is 0 Å². The molecular weight excluding hydrogens is 219 g/mol. The van der Waals surface area contributed by atoms with Gasteiger partial charge in [-0.3, -0.25) is 0 Å². The molecule has 13 heavy (non-hydrogen) atoms. The van der Waals surface area contributed by atoms with Crippen LogP contribution in [0.5, 0.6) is 0 Å². The lowest BCUT2D eigenvalue weighted by atomic mass is 10.1. The zero-order valence-corrected chi connectivity index (χ0v) is 10.5. The monoisotopic (exact) mass is 232 g/mol. The molecule has 0 heterocycles. The maximum Gasteiger partial charge on any atom is 0.248 e. The molecule has 0 saturated carbocycles. The molecule has 72 valence electrons.